The van der Waals surface area contributed by atoms with E-state index in [1.807, 2.05) is 73.7 Å². The molecule has 4 heteroatoms. The molecule has 0 unspecified atom stereocenters. The number of aryl methyl sites for hydroxylation is 1. The molecule has 0 aliphatic heterocycles. The molecule has 114 valence electrons. The van der Waals surface area contributed by atoms with E-state index in [4.69, 9.17) is 4.74 Å². The summed E-state index contributed by atoms with van der Waals surface area (Å²) in [5.41, 5.74) is 5.03. The standard InChI is InChI=1S/C19H17N3O/c1-15-5-4-6-18(13-15)23-17-10-8-16(9-11-17)14-21-22-19-7-2-3-12-20-19/h2-14H,1H3,(H,20,22). The Bertz CT molecular complexity index is 783. The summed E-state index contributed by atoms with van der Waals surface area (Å²) in [6.07, 6.45) is 3.46. The first-order chi connectivity index (χ1) is 11.3. The van der Waals surface area contributed by atoms with Gasteiger partial charge in [-0.1, -0.05) is 18.2 Å². The Morgan fingerprint density at radius 2 is 1.83 bits per heavy atom. The lowest BCUT2D eigenvalue weighted by atomic mass is 10.2. The first-order valence-corrected chi connectivity index (χ1v) is 7.34. The number of rotatable bonds is 5. The van der Waals surface area contributed by atoms with Crippen molar-refractivity contribution < 1.29 is 4.74 Å². The van der Waals surface area contributed by atoms with E-state index in [2.05, 4.69) is 15.5 Å². The molecule has 0 radical (unpaired) electrons. The third-order valence-electron chi connectivity index (χ3n) is 3.16. The fraction of sp³-hybridized carbons (Fsp3) is 0.0526. The summed E-state index contributed by atoms with van der Waals surface area (Å²) in [4.78, 5) is 4.13. The van der Waals surface area contributed by atoms with Gasteiger partial charge in [0.1, 0.15) is 17.3 Å². The van der Waals surface area contributed by atoms with Gasteiger partial charge in [0.05, 0.1) is 6.21 Å². The number of anilines is 1. The minimum Gasteiger partial charge on any atom is -0.457 e. The number of benzene rings is 2. The zero-order valence-electron chi connectivity index (χ0n) is 12.8. The number of pyridine rings is 1. The lowest BCUT2D eigenvalue weighted by molar-refractivity contribution is 0.482. The molecule has 0 saturated carbocycles. The zero-order chi connectivity index (χ0) is 15.9. The lowest BCUT2D eigenvalue weighted by Crippen LogP contribution is -1.92. The van der Waals surface area contributed by atoms with Gasteiger partial charge in [-0.25, -0.2) is 4.98 Å². The molecule has 1 N–H and O–H groups in total. The largest absolute Gasteiger partial charge is 0.457 e. The van der Waals surface area contributed by atoms with Crippen LogP contribution in [0.2, 0.25) is 0 Å². The predicted octanol–water partition coefficient (Wildman–Crippen LogP) is 4.63. The SMILES string of the molecule is Cc1cccc(Oc2ccc(C=NNc3ccccn3)cc2)c1. The number of hydrogen-bond donors (Lipinski definition) is 1. The Hall–Kier alpha value is -3.14. The second-order valence-corrected chi connectivity index (χ2v) is 5.07. The van der Waals surface area contributed by atoms with Crippen LogP contribution in [0.25, 0.3) is 0 Å². The van der Waals surface area contributed by atoms with E-state index in [-0.39, 0.29) is 0 Å². The first-order valence-electron chi connectivity index (χ1n) is 7.34. The van der Waals surface area contributed by atoms with Gasteiger partial charge in [-0.05, 0) is 66.6 Å². The van der Waals surface area contributed by atoms with E-state index in [1.165, 1.54) is 5.56 Å². The van der Waals surface area contributed by atoms with Crippen molar-refractivity contribution in [2.75, 3.05) is 5.43 Å². The monoisotopic (exact) mass is 303 g/mol. The van der Waals surface area contributed by atoms with Gasteiger partial charge in [-0.3, -0.25) is 5.43 Å². The number of hydrazone groups is 1. The molecule has 0 bridgehead atoms. The number of hydrogen-bond acceptors (Lipinski definition) is 4. The topological polar surface area (TPSA) is 46.5 Å². The van der Waals surface area contributed by atoms with Crippen molar-refractivity contribution >= 4 is 12.0 Å². The number of nitrogens with zero attached hydrogens (tertiary/aromatic N) is 2. The average Bonchev–Trinajstić information content (AvgIpc) is 2.58. The highest BCUT2D eigenvalue weighted by atomic mass is 16.5. The molecule has 0 aliphatic rings. The summed E-state index contributed by atoms with van der Waals surface area (Å²) in [5.74, 6) is 2.34. The Balaban J connectivity index is 1.60. The fourth-order valence-electron chi connectivity index (χ4n) is 2.04. The quantitative estimate of drug-likeness (QED) is 0.552. The third kappa shape index (κ3) is 4.41. The van der Waals surface area contributed by atoms with Crippen LogP contribution in [0.5, 0.6) is 11.5 Å². The van der Waals surface area contributed by atoms with Crippen LogP contribution < -0.4 is 10.2 Å². The molecule has 4 nitrogen and oxygen atoms in total. The molecule has 1 heterocycles. The van der Waals surface area contributed by atoms with E-state index in [9.17, 15) is 0 Å². The second-order valence-electron chi connectivity index (χ2n) is 5.07. The van der Waals surface area contributed by atoms with Crippen LogP contribution >= 0.6 is 0 Å². The second kappa shape index (κ2) is 7.22. The van der Waals surface area contributed by atoms with E-state index in [1.54, 1.807) is 12.4 Å². The van der Waals surface area contributed by atoms with Crippen molar-refractivity contribution in [2.45, 2.75) is 6.92 Å². The van der Waals surface area contributed by atoms with Crippen molar-refractivity contribution in [3.63, 3.8) is 0 Å². The van der Waals surface area contributed by atoms with Crippen LogP contribution in [-0.4, -0.2) is 11.2 Å². The maximum atomic E-state index is 5.82. The molecule has 0 amide bonds. The normalized spacial score (nSPS) is 10.7. The summed E-state index contributed by atoms with van der Waals surface area (Å²) in [5, 5.41) is 4.16. The highest BCUT2D eigenvalue weighted by Crippen LogP contribution is 2.22. The molecule has 0 aliphatic carbocycles. The molecule has 0 fully saturated rings. The van der Waals surface area contributed by atoms with Gasteiger partial charge < -0.3 is 4.74 Å². The maximum Gasteiger partial charge on any atom is 0.146 e. The van der Waals surface area contributed by atoms with Gasteiger partial charge in [0.25, 0.3) is 0 Å². The van der Waals surface area contributed by atoms with Crippen molar-refractivity contribution in [1.82, 2.24) is 4.98 Å². The smallest absolute Gasteiger partial charge is 0.146 e. The summed E-state index contributed by atoms with van der Waals surface area (Å²) >= 11 is 0. The van der Waals surface area contributed by atoms with Crippen LogP contribution in [-0.2, 0) is 0 Å². The van der Waals surface area contributed by atoms with E-state index < -0.39 is 0 Å². The summed E-state index contributed by atoms with van der Waals surface area (Å²) in [7, 11) is 0. The van der Waals surface area contributed by atoms with Crippen molar-refractivity contribution in [3.8, 4) is 11.5 Å². The number of ether oxygens (including phenoxy) is 1. The Labute approximate surface area is 135 Å². The molecule has 3 rings (SSSR count). The molecule has 2 aromatic carbocycles. The number of nitrogens with one attached hydrogen (secondary N) is 1. The average molecular weight is 303 g/mol. The van der Waals surface area contributed by atoms with Crippen LogP contribution in [0.1, 0.15) is 11.1 Å². The molecular weight excluding hydrogens is 286 g/mol. The number of aromatic nitrogens is 1. The summed E-state index contributed by atoms with van der Waals surface area (Å²) in [6.45, 7) is 2.04. The summed E-state index contributed by atoms with van der Waals surface area (Å²) in [6, 6.07) is 21.3. The van der Waals surface area contributed by atoms with Gasteiger partial charge in [0.15, 0.2) is 0 Å². The van der Waals surface area contributed by atoms with Crippen molar-refractivity contribution in [2.24, 2.45) is 5.10 Å². The van der Waals surface area contributed by atoms with Gasteiger partial charge in [-0.2, -0.15) is 5.10 Å². The van der Waals surface area contributed by atoms with Gasteiger partial charge >= 0.3 is 0 Å². The maximum absolute atomic E-state index is 5.82. The fourth-order valence-corrected chi connectivity index (χ4v) is 2.04. The minimum absolute atomic E-state index is 0.711. The van der Waals surface area contributed by atoms with Crippen LogP contribution in [0.3, 0.4) is 0 Å². The van der Waals surface area contributed by atoms with Gasteiger partial charge in [-0.15, -0.1) is 0 Å². The highest BCUT2D eigenvalue weighted by molar-refractivity contribution is 5.80. The molecular formula is C19H17N3O. The van der Waals surface area contributed by atoms with Crippen molar-refractivity contribution in [3.05, 3.63) is 84.1 Å². The summed E-state index contributed by atoms with van der Waals surface area (Å²) < 4.78 is 5.82. The predicted molar refractivity (Wildman–Crippen MR) is 93.1 cm³/mol. The van der Waals surface area contributed by atoms with E-state index in [0.29, 0.717) is 5.82 Å². The minimum atomic E-state index is 0.711. The van der Waals surface area contributed by atoms with Crippen LogP contribution in [0.15, 0.2) is 78.0 Å². The Morgan fingerprint density at radius 3 is 2.57 bits per heavy atom. The van der Waals surface area contributed by atoms with Crippen LogP contribution in [0.4, 0.5) is 5.82 Å². The molecule has 23 heavy (non-hydrogen) atoms. The van der Waals surface area contributed by atoms with Crippen LogP contribution in [0, 0.1) is 6.92 Å². The van der Waals surface area contributed by atoms with Crippen molar-refractivity contribution in [1.29, 1.82) is 0 Å². The molecule has 0 atom stereocenters. The molecule has 1 aromatic heterocycles. The van der Waals surface area contributed by atoms with E-state index in [0.717, 1.165) is 17.1 Å². The Morgan fingerprint density at radius 1 is 0.957 bits per heavy atom. The third-order valence-corrected chi connectivity index (χ3v) is 3.16. The zero-order valence-corrected chi connectivity index (χ0v) is 12.8. The van der Waals surface area contributed by atoms with Gasteiger partial charge in [0, 0.05) is 6.20 Å². The lowest BCUT2D eigenvalue weighted by Gasteiger charge is -2.06. The molecule has 0 spiro atoms. The molecule has 0 saturated heterocycles. The molecule has 3 aromatic rings. The van der Waals surface area contributed by atoms with E-state index >= 15 is 0 Å². The Kier molecular flexibility index (Phi) is 4.64. The van der Waals surface area contributed by atoms with Gasteiger partial charge in [0.2, 0.25) is 0 Å². The highest BCUT2D eigenvalue weighted by Gasteiger charge is 1.97. The first kappa shape index (κ1) is 14.8.